The quantitative estimate of drug-likeness (QED) is 0.727. The Balaban J connectivity index is 1.75. The predicted molar refractivity (Wildman–Crippen MR) is 103 cm³/mol. The molecule has 28 heavy (non-hydrogen) atoms. The average Bonchev–Trinajstić information content (AvgIpc) is 3.02. The summed E-state index contributed by atoms with van der Waals surface area (Å²) >= 11 is 6.16. The summed E-state index contributed by atoms with van der Waals surface area (Å²) in [7, 11) is 0. The highest BCUT2D eigenvalue weighted by molar-refractivity contribution is 6.31. The van der Waals surface area contributed by atoms with Crippen LogP contribution in [0.15, 0.2) is 36.5 Å². The number of hydrogen-bond acceptors (Lipinski definition) is 5. The van der Waals surface area contributed by atoms with Crippen LogP contribution in [0.3, 0.4) is 0 Å². The molecule has 4 rings (SSSR count). The van der Waals surface area contributed by atoms with Gasteiger partial charge in [0.2, 0.25) is 5.95 Å². The number of fused-ring (bicyclic) bond motifs is 1. The van der Waals surface area contributed by atoms with Crippen LogP contribution < -0.4 is 10.6 Å². The second-order valence-electron chi connectivity index (χ2n) is 6.84. The van der Waals surface area contributed by atoms with Crippen molar-refractivity contribution >= 4 is 28.6 Å². The molecule has 0 radical (unpaired) electrons. The Kier molecular flexibility index (Phi) is 4.65. The van der Waals surface area contributed by atoms with Crippen LogP contribution in [-0.4, -0.2) is 39.6 Å². The number of anilines is 1. The predicted octanol–water partition coefficient (Wildman–Crippen LogP) is 3.18. The van der Waals surface area contributed by atoms with E-state index in [0.717, 1.165) is 5.52 Å². The van der Waals surface area contributed by atoms with Crippen molar-refractivity contribution in [2.75, 3.05) is 18.0 Å². The van der Waals surface area contributed by atoms with Crippen molar-refractivity contribution in [3.63, 3.8) is 0 Å². The van der Waals surface area contributed by atoms with Crippen molar-refractivity contribution in [2.24, 2.45) is 5.73 Å². The number of imidazole rings is 1. The van der Waals surface area contributed by atoms with Crippen LogP contribution in [0.25, 0.3) is 11.0 Å². The van der Waals surface area contributed by atoms with E-state index >= 15 is 0 Å². The molecule has 1 unspecified atom stereocenters. The molecule has 9 heteroatoms. The van der Waals surface area contributed by atoms with Crippen molar-refractivity contribution in [3.8, 4) is 6.07 Å². The first-order chi connectivity index (χ1) is 13.4. The molecule has 1 aliphatic rings. The third-order valence-electron chi connectivity index (χ3n) is 4.92. The summed E-state index contributed by atoms with van der Waals surface area (Å²) in [6.45, 7) is 0.517. The lowest BCUT2D eigenvalue weighted by molar-refractivity contribution is -0.0395. The first-order valence-electron chi connectivity index (χ1n) is 8.76. The topological polar surface area (TPSA) is 83.8 Å². The molecule has 144 valence electrons. The van der Waals surface area contributed by atoms with Gasteiger partial charge in [0.1, 0.15) is 6.07 Å². The Morgan fingerprint density at radius 1 is 1.32 bits per heavy atom. The Labute approximate surface area is 165 Å². The highest BCUT2D eigenvalue weighted by atomic mass is 35.5. The molecule has 0 amide bonds. The first-order valence-corrected chi connectivity index (χ1v) is 9.14. The second kappa shape index (κ2) is 7.00. The van der Waals surface area contributed by atoms with E-state index < -0.39 is 12.0 Å². The summed E-state index contributed by atoms with van der Waals surface area (Å²) < 4.78 is 29.6. The van der Waals surface area contributed by atoms with E-state index in [2.05, 4.69) is 9.97 Å². The van der Waals surface area contributed by atoms with Gasteiger partial charge in [0.15, 0.2) is 0 Å². The smallest absolute Gasteiger partial charge is 0.266 e. The lowest BCUT2D eigenvalue weighted by Gasteiger charge is -2.37. The molecule has 2 aromatic heterocycles. The van der Waals surface area contributed by atoms with Crippen molar-refractivity contribution < 1.29 is 8.78 Å². The molecule has 0 spiro atoms. The minimum Gasteiger partial charge on any atom is -0.340 e. The Hall–Kier alpha value is -2.76. The first kappa shape index (κ1) is 18.6. The number of alkyl halides is 2. The SMILES string of the molecule is N#Cc1ccc(Cn2c(N3CCC(F)(F)C(N)C3)nc3ccc(Cl)cc32)nc1. The van der Waals surface area contributed by atoms with E-state index in [1.165, 1.54) is 6.20 Å². The van der Waals surface area contributed by atoms with Crippen LogP contribution in [-0.2, 0) is 6.54 Å². The number of pyridine rings is 1. The van der Waals surface area contributed by atoms with Gasteiger partial charge in [0, 0.05) is 30.7 Å². The molecule has 0 saturated carbocycles. The number of nitrogens with two attached hydrogens (primary N) is 1. The van der Waals surface area contributed by atoms with E-state index in [4.69, 9.17) is 22.6 Å². The van der Waals surface area contributed by atoms with Gasteiger partial charge in [-0.2, -0.15) is 5.26 Å². The van der Waals surface area contributed by atoms with Gasteiger partial charge in [-0.15, -0.1) is 0 Å². The summed E-state index contributed by atoms with van der Waals surface area (Å²) in [6.07, 6.45) is 1.17. The standard InChI is InChI=1S/C19H17ClF2N6/c20-13-2-4-15-16(7-13)28(10-14-3-1-12(8-23)9-25-14)18(26-15)27-6-5-19(21,22)17(24)11-27/h1-4,7,9,17H,5-6,10-11,24H2. The number of nitrogens with zero attached hydrogens (tertiary/aromatic N) is 5. The van der Waals surface area contributed by atoms with Crippen LogP contribution in [0.2, 0.25) is 5.02 Å². The molecular weight excluding hydrogens is 386 g/mol. The molecule has 1 atom stereocenters. The number of rotatable bonds is 3. The fourth-order valence-electron chi connectivity index (χ4n) is 3.34. The highest BCUT2D eigenvalue weighted by Crippen LogP contribution is 2.32. The fraction of sp³-hybridized carbons (Fsp3) is 0.316. The van der Waals surface area contributed by atoms with Crippen LogP contribution >= 0.6 is 11.6 Å². The largest absolute Gasteiger partial charge is 0.340 e. The monoisotopic (exact) mass is 402 g/mol. The third-order valence-corrected chi connectivity index (χ3v) is 5.16. The average molecular weight is 403 g/mol. The molecule has 3 aromatic rings. The van der Waals surface area contributed by atoms with Crippen LogP contribution in [0.5, 0.6) is 0 Å². The number of nitriles is 1. The third kappa shape index (κ3) is 3.39. The van der Waals surface area contributed by atoms with Gasteiger partial charge >= 0.3 is 0 Å². The van der Waals surface area contributed by atoms with Crippen molar-refractivity contribution in [2.45, 2.75) is 24.9 Å². The lowest BCUT2D eigenvalue weighted by atomic mass is 10.0. The summed E-state index contributed by atoms with van der Waals surface area (Å²) in [5, 5.41) is 9.49. The van der Waals surface area contributed by atoms with Gasteiger partial charge in [0.05, 0.1) is 34.9 Å². The molecule has 1 aromatic carbocycles. The van der Waals surface area contributed by atoms with Gasteiger partial charge in [-0.25, -0.2) is 13.8 Å². The Morgan fingerprint density at radius 2 is 2.14 bits per heavy atom. The van der Waals surface area contributed by atoms with Crippen LogP contribution in [0.1, 0.15) is 17.7 Å². The van der Waals surface area contributed by atoms with Crippen LogP contribution in [0.4, 0.5) is 14.7 Å². The zero-order chi connectivity index (χ0) is 19.9. The number of benzene rings is 1. The summed E-state index contributed by atoms with van der Waals surface area (Å²) in [5.41, 5.74) is 8.36. The summed E-state index contributed by atoms with van der Waals surface area (Å²) in [6, 6.07) is 9.54. The van der Waals surface area contributed by atoms with Crippen molar-refractivity contribution in [3.05, 3.63) is 52.8 Å². The maximum atomic E-state index is 13.8. The number of hydrogen-bond donors (Lipinski definition) is 1. The molecule has 1 aliphatic heterocycles. The second-order valence-corrected chi connectivity index (χ2v) is 7.28. The molecule has 1 fully saturated rings. The van der Waals surface area contributed by atoms with E-state index in [-0.39, 0.29) is 19.5 Å². The summed E-state index contributed by atoms with van der Waals surface area (Å²) in [4.78, 5) is 10.7. The normalized spacial score (nSPS) is 19.0. The summed E-state index contributed by atoms with van der Waals surface area (Å²) in [5.74, 6) is -2.33. The van der Waals surface area contributed by atoms with Gasteiger partial charge in [-0.3, -0.25) is 4.98 Å². The van der Waals surface area contributed by atoms with Gasteiger partial charge in [-0.1, -0.05) is 11.6 Å². The molecule has 6 nitrogen and oxygen atoms in total. The molecule has 0 aliphatic carbocycles. The van der Waals surface area contributed by atoms with Gasteiger partial charge in [0.25, 0.3) is 5.92 Å². The number of aromatic nitrogens is 3. The van der Waals surface area contributed by atoms with Gasteiger partial charge in [-0.05, 0) is 30.3 Å². The minimum atomic E-state index is -2.88. The number of piperidine rings is 1. The maximum Gasteiger partial charge on any atom is 0.266 e. The fourth-order valence-corrected chi connectivity index (χ4v) is 3.51. The maximum absolute atomic E-state index is 13.8. The Bertz CT molecular complexity index is 1060. The zero-order valence-corrected chi connectivity index (χ0v) is 15.6. The highest BCUT2D eigenvalue weighted by Gasteiger charge is 2.42. The van der Waals surface area contributed by atoms with Crippen molar-refractivity contribution in [1.29, 1.82) is 5.26 Å². The van der Waals surface area contributed by atoms with E-state index in [0.29, 0.717) is 34.3 Å². The zero-order valence-electron chi connectivity index (χ0n) is 14.8. The molecule has 3 heterocycles. The lowest BCUT2D eigenvalue weighted by Crippen LogP contribution is -2.55. The van der Waals surface area contributed by atoms with Gasteiger partial charge < -0.3 is 15.2 Å². The molecule has 0 bridgehead atoms. The Morgan fingerprint density at radius 3 is 2.82 bits per heavy atom. The van der Waals surface area contributed by atoms with Crippen molar-refractivity contribution in [1.82, 2.24) is 14.5 Å². The van der Waals surface area contributed by atoms with E-state index in [9.17, 15) is 8.78 Å². The molecule has 1 saturated heterocycles. The minimum absolute atomic E-state index is 0.00481. The molecular formula is C19H17ClF2N6. The van der Waals surface area contributed by atoms with E-state index in [1.807, 2.05) is 10.6 Å². The van der Waals surface area contributed by atoms with E-state index in [1.54, 1.807) is 35.2 Å². The van der Waals surface area contributed by atoms with Crippen LogP contribution in [0, 0.1) is 11.3 Å². The number of halogens is 3. The molecule has 2 N–H and O–H groups in total.